The van der Waals surface area contributed by atoms with Gasteiger partial charge in [-0.15, -0.1) is 0 Å². The molecule has 1 amide bonds. The highest BCUT2D eigenvalue weighted by Gasteiger charge is 2.08. The summed E-state index contributed by atoms with van der Waals surface area (Å²) < 4.78 is 0.706. The van der Waals surface area contributed by atoms with E-state index in [1.165, 1.54) is 0 Å². The van der Waals surface area contributed by atoms with Gasteiger partial charge >= 0.3 is 0 Å². The van der Waals surface area contributed by atoms with E-state index in [0.29, 0.717) is 15.7 Å². The van der Waals surface area contributed by atoms with Crippen molar-refractivity contribution in [3.63, 3.8) is 0 Å². The third-order valence-electron chi connectivity index (χ3n) is 3.12. The summed E-state index contributed by atoms with van der Waals surface area (Å²) in [6, 6.07) is 14.5. The van der Waals surface area contributed by atoms with Crippen molar-refractivity contribution < 1.29 is 4.79 Å². The normalized spacial score (nSPS) is 10.5. The molecule has 3 aromatic rings. The summed E-state index contributed by atoms with van der Waals surface area (Å²) in [5.41, 5.74) is 8.49. The molecular weight excluding hydrogens is 330 g/mol. The van der Waals surface area contributed by atoms with E-state index in [-0.39, 0.29) is 5.91 Å². The average molecular weight is 342 g/mol. The van der Waals surface area contributed by atoms with Gasteiger partial charge in [-0.1, -0.05) is 6.07 Å². The maximum atomic E-state index is 12.2. The molecule has 4 nitrogen and oxygen atoms in total. The van der Waals surface area contributed by atoms with Crippen LogP contribution < -0.4 is 11.1 Å². The first kappa shape index (κ1) is 13.6. The molecule has 0 bridgehead atoms. The van der Waals surface area contributed by atoms with Crippen LogP contribution in [-0.2, 0) is 0 Å². The van der Waals surface area contributed by atoms with Gasteiger partial charge in [0, 0.05) is 33.0 Å². The summed E-state index contributed by atoms with van der Waals surface area (Å²) in [6.07, 6.45) is 1.74. The molecule has 0 atom stereocenters. The van der Waals surface area contributed by atoms with Crippen LogP contribution in [0.3, 0.4) is 0 Å². The van der Waals surface area contributed by atoms with Gasteiger partial charge in [-0.05, 0) is 58.4 Å². The number of carbonyl (C=O) groups excluding carboxylic acids is 1. The van der Waals surface area contributed by atoms with Crippen LogP contribution in [0.2, 0.25) is 0 Å². The maximum Gasteiger partial charge on any atom is 0.255 e. The minimum Gasteiger partial charge on any atom is -0.398 e. The minimum atomic E-state index is -0.182. The molecular formula is C16H12BrN3O. The van der Waals surface area contributed by atoms with E-state index in [1.807, 2.05) is 30.3 Å². The second-order valence-electron chi connectivity index (χ2n) is 4.60. The number of nitrogens with zero attached hydrogens (tertiary/aromatic N) is 1. The van der Waals surface area contributed by atoms with Crippen LogP contribution in [0.15, 0.2) is 59.2 Å². The lowest BCUT2D eigenvalue weighted by atomic mass is 10.1. The molecule has 3 N–H and O–H groups in total. The Morgan fingerprint density at radius 3 is 2.81 bits per heavy atom. The van der Waals surface area contributed by atoms with E-state index in [1.54, 1.807) is 24.4 Å². The van der Waals surface area contributed by atoms with Crippen LogP contribution >= 0.6 is 15.9 Å². The first-order valence-corrected chi connectivity index (χ1v) is 7.14. The highest BCUT2D eigenvalue weighted by molar-refractivity contribution is 9.10. The predicted octanol–water partition coefficient (Wildman–Crippen LogP) is 3.83. The number of nitrogens with one attached hydrogen (secondary N) is 1. The van der Waals surface area contributed by atoms with Gasteiger partial charge in [-0.25, -0.2) is 0 Å². The Balaban J connectivity index is 1.87. The molecule has 21 heavy (non-hydrogen) atoms. The molecule has 0 aliphatic rings. The summed E-state index contributed by atoms with van der Waals surface area (Å²) >= 11 is 3.32. The van der Waals surface area contributed by atoms with Crippen molar-refractivity contribution in [2.75, 3.05) is 11.1 Å². The van der Waals surface area contributed by atoms with Crippen molar-refractivity contribution in [1.82, 2.24) is 4.98 Å². The van der Waals surface area contributed by atoms with Crippen molar-refractivity contribution >= 4 is 44.1 Å². The number of aromatic nitrogens is 1. The summed E-state index contributed by atoms with van der Waals surface area (Å²) in [4.78, 5) is 16.5. The van der Waals surface area contributed by atoms with Crippen LogP contribution in [0.25, 0.3) is 10.9 Å². The fourth-order valence-corrected chi connectivity index (χ4v) is 2.40. The molecule has 5 heteroatoms. The number of nitrogen functional groups attached to an aromatic ring is 1. The van der Waals surface area contributed by atoms with E-state index < -0.39 is 0 Å². The van der Waals surface area contributed by atoms with Gasteiger partial charge in [-0.3, -0.25) is 9.78 Å². The lowest BCUT2D eigenvalue weighted by Crippen LogP contribution is -2.12. The largest absolute Gasteiger partial charge is 0.398 e. The van der Waals surface area contributed by atoms with E-state index in [9.17, 15) is 4.79 Å². The molecule has 0 fully saturated rings. The Morgan fingerprint density at radius 1 is 1.14 bits per heavy atom. The second-order valence-corrected chi connectivity index (χ2v) is 5.46. The Bertz CT molecular complexity index is 833. The number of halogens is 1. The van der Waals surface area contributed by atoms with Crippen LogP contribution in [0.5, 0.6) is 0 Å². The van der Waals surface area contributed by atoms with Gasteiger partial charge in [0.1, 0.15) is 0 Å². The molecule has 0 saturated carbocycles. The van der Waals surface area contributed by atoms with Gasteiger partial charge in [0.15, 0.2) is 0 Å². The molecule has 0 aliphatic heterocycles. The molecule has 104 valence electrons. The smallest absolute Gasteiger partial charge is 0.255 e. The summed E-state index contributed by atoms with van der Waals surface area (Å²) in [5.74, 6) is -0.182. The van der Waals surface area contributed by atoms with Crippen LogP contribution in [-0.4, -0.2) is 10.9 Å². The zero-order valence-corrected chi connectivity index (χ0v) is 12.6. The molecule has 0 radical (unpaired) electrons. The molecule has 1 aromatic heterocycles. The topological polar surface area (TPSA) is 68.0 Å². The maximum absolute atomic E-state index is 12.2. The zero-order chi connectivity index (χ0) is 14.8. The van der Waals surface area contributed by atoms with Crippen molar-refractivity contribution in [1.29, 1.82) is 0 Å². The summed E-state index contributed by atoms with van der Waals surface area (Å²) in [5, 5.41) is 3.85. The number of hydrogen-bond acceptors (Lipinski definition) is 3. The number of pyridine rings is 1. The third-order valence-corrected chi connectivity index (χ3v) is 3.81. The average Bonchev–Trinajstić information content (AvgIpc) is 2.50. The lowest BCUT2D eigenvalue weighted by molar-refractivity contribution is 0.102. The van der Waals surface area contributed by atoms with Crippen molar-refractivity contribution in [3.05, 3.63) is 64.8 Å². The molecule has 0 unspecified atom stereocenters. The third kappa shape index (κ3) is 2.87. The van der Waals surface area contributed by atoms with Crippen LogP contribution in [0, 0.1) is 0 Å². The lowest BCUT2D eigenvalue weighted by Gasteiger charge is -2.07. The van der Waals surface area contributed by atoms with Crippen molar-refractivity contribution in [2.24, 2.45) is 0 Å². The first-order chi connectivity index (χ1) is 10.1. The minimum absolute atomic E-state index is 0.182. The SMILES string of the molecule is Nc1ccc(C(=O)Nc2ccc3ncccc3c2)cc1Br. The van der Waals surface area contributed by atoms with Crippen LogP contribution in [0.1, 0.15) is 10.4 Å². The molecule has 3 rings (SSSR count). The highest BCUT2D eigenvalue weighted by atomic mass is 79.9. The number of fused-ring (bicyclic) bond motifs is 1. The molecule has 0 aliphatic carbocycles. The first-order valence-electron chi connectivity index (χ1n) is 6.34. The van der Waals surface area contributed by atoms with Crippen molar-refractivity contribution in [2.45, 2.75) is 0 Å². The molecule has 0 spiro atoms. The van der Waals surface area contributed by atoms with E-state index in [0.717, 1.165) is 16.6 Å². The number of rotatable bonds is 2. The second kappa shape index (κ2) is 5.54. The van der Waals surface area contributed by atoms with Gasteiger partial charge in [-0.2, -0.15) is 0 Å². The van der Waals surface area contributed by atoms with E-state index in [2.05, 4.69) is 26.2 Å². The zero-order valence-electron chi connectivity index (χ0n) is 11.0. The summed E-state index contributed by atoms with van der Waals surface area (Å²) in [7, 11) is 0. The Hall–Kier alpha value is -2.40. The van der Waals surface area contributed by atoms with E-state index >= 15 is 0 Å². The fourth-order valence-electron chi connectivity index (χ4n) is 2.03. The Morgan fingerprint density at radius 2 is 2.00 bits per heavy atom. The van der Waals surface area contributed by atoms with Crippen LogP contribution in [0.4, 0.5) is 11.4 Å². The molecule has 1 heterocycles. The number of hydrogen-bond donors (Lipinski definition) is 2. The Labute approximate surface area is 130 Å². The molecule has 0 saturated heterocycles. The number of amides is 1. The van der Waals surface area contributed by atoms with Gasteiger partial charge < -0.3 is 11.1 Å². The quantitative estimate of drug-likeness (QED) is 0.696. The predicted molar refractivity (Wildman–Crippen MR) is 88.3 cm³/mol. The Kier molecular flexibility index (Phi) is 3.58. The van der Waals surface area contributed by atoms with Gasteiger partial charge in [0.2, 0.25) is 0 Å². The monoisotopic (exact) mass is 341 g/mol. The highest BCUT2D eigenvalue weighted by Crippen LogP contribution is 2.22. The standard InChI is InChI=1S/C16H12BrN3O/c17-13-9-11(3-5-14(13)18)16(21)20-12-4-6-15-10(8-12)2-1-7-19-15/h1-9H,18H2,(H,20,21). The van der Waals surface area contributed by atoms with Gasteiger partial charge in [0.25, 0.3) is 5.91 Å². The number of nitrogens with two attached hydrogens (primary N) is 1. The van der Waals surface area contributed by atoms with Gasteiger partial charge in [0.05, 0.1) is 5.52 Å². The van der Waals surface area contributed by atoms with E-state index in [4.69, 9.17) is 5.73 Å². The van der Waals surface area contributed by atoms with Crippen molar-refractivity contribution in [3.8, 4) is 0 Å². The fraction of sp³-hybridized carbons (Fsp3) is 0. The molecule has 2 aromatic carbocycles. The number of anilines is 2. The summed E-state index contributed by atoms with van der Waals surface area (Å²) in [6.45, 7) is 0. The number of carbonyl (C=O) groups is 1. The number of benzene rings is 2.